The van der Waals surface area contributed by atoms with E-state index in [2.05, 4.69) is 5.32 Å². The molecule has 1 fully saturated rings. The minimum Gasteiger partial charge on any atom is -0.489 e. The summed E-state index contributed by atoms with van der Waals surface area (Å²) in [5.41, 5.74) is 0.230. The molecule has 7 heteroatoms. The molecule has 1 aliphatic rings. The minimum absolute atomic E-state index is 0.00270. The van der Waals surface area contributed by atoms with Gasteiger partial charge in [-0.2, -0.15) is 0 Å². The molecule has 1 heterocycles. The van der Waals surface area contributed by atoms with E-state index in [4.69, 9.17) is 9.47 Å². The number of para-hydroxylation sites is 3. The molecule has 0 spiro atoms. The van der Waals surface area contributed by atoms with Gasteiger partial charge in [-0.15, -0.1) is 0 Å². The molecule has 3 rings (SSSR count). The lowest BCUT2D eigenvalue weighted by Gasteiger charge is -2.23. The Kier molecular flexibility index (Phi) is 5.80. The number of nitro groups is 1. The van der Waals surface area contributed by atoms with Crippen molar-refractivity contribution in [2.75, 3.05) is 18.5 Å². The molecule has 7 nitrogen and oxygen atoms in total. The van der Waals surface area contributed by atoms with Gasteiger partial charge >= 0.3 is 0 Å². The Morgan fingerprint density at radius 1 is 1.19 bits per heavy atom. The Morgan fingerprint density at radius 3 is 2.73 bits per heavy atom. The number of anilines is 1. The fraction of sp³-hybridized carbons (Fsp3) is 0.316. The molecule has 26 heavy (non-hydrogen) atoms. The van der Waals surface area contributed by atoms with Gasteiger partial charge in [-0.1, -0.05) is 24.3 Å². The Morgan fingerprint density at radius 2 is 1.96 bits per heavy atom. The van der Waals surface area contributed by atoms with Gasteiger partial charge < -0.3 is 14.8 Å². The van der Waals surface area contributed by atoms with Crippen LogP contribution in [0.15, 0.2) is 48.5 Å². The molecule has 0 saturated carbocycles. The second-order valence-electron chi connectivity index (χ2n) is 6.02. The van der Waals surface area contributed by atoms with Crippen LogP contribution in [0.2, 0.25) is 0 Å². The zero-order valence-electron chi connectivity index (χ0n) is 14.2. The summed E-state index contributed by atoms with van der Waals surface area (Å²) >= 11 is 0. The van der Waals surface area contributed by atoms with E-state index >= 15 is 0 Å². The highest BCUT2D eigenvalue weighted by molar-refractivity contribution is 6.07. The molecule has 1 N–H and O–H groups in total. The van der Waals surface area contributed by atoms with Gasteiger partial charge in [0, 0.05) is 12.7 Å². The molecule has 0 aromatic heterocycles. The molecule has 2 aromatic rings. The highest BCUT2D eigenvalue weighted by atomic mass is 16.6. The molecule has 1 unspecified atom stereocenters. The average Bonchev–Trinajstić information content (AvgIpc) is 2.68. The van der Waals surface area contributed by atoms with Crippen molar-refractivity contribution in [3.05, 3.63) is 64.2 Å². The van der Waals surface area contributed by atoms with Crippen LogP contribution in [-0.4, -0.2) is 30.1 Å². The smallest absolute Gasteiger partial charge is 0.282 e. The SMILES string of the molecule is O=C(Nc1ccccc1OCC1CCCCO1)c1ccccc1[N+](=O)[O-]. The van der Waals surface area contributed by atoms with E-state index in [1.54, 1.807) is 30.3 Å². The Balaban J connectivity index is 1.72. The van der Waals surface area contributed by atoms with Crippen LogP contribution >= 0.6 is 0 Å². The molecule has 1 amide bonds. The summed E-state index contributed by atoms with van der Waals surface area (Å²) in [5.74, 6) is -0.0455. The molecule has 2 aromatic carbocycles. The van der Waals surface area contributed by atoms with Gasteiger partial charge in [0.05, 0.1) is 16.7 Å². The maximum Gasteiger partial charge on any atom is 0.282 e. The van der Waals surface area contributed by atoms with Gasteiger partial charge in [0.1, 0.15) is 17.9 Å². The lowest BCUT2D eigenvalue weighted by atomic mass is 10.1. The largest absolute Gasteiger partial charge is 0.489 e. The molecule has 0 bridgehead atoms. The van der Waals surface area contributed by atoms with E-state index in [9.17, 15) is 14.9 Å². The number of carbonyl (C=O) groups excluding carboxylic acids is 1. The van der Waals surface area contributed by atoms with Crippen LogP contribution < -0.4 is 10.1 Å². The number of hydrogen-bond donors (Lipinski definition) is 1. The van der Waals surface area contributed by atoms with Crippen molar-refractivity contribution in [2.24, 2.45) is 0 Å². The maximum absolute atomic E-state index is 12.5. The van der Waals surface area contributed by atoms with Crippen molar-refractivity contribution in [1.82, 2.24) is 0 Å². The van der Waals surface area contributed by atoms with E-state index in [0.717, 1.165) is 25.9 Å². The van der Waals surface area contributed by atoms with Gasteiger partial charge in [-0.3, -0.25) is 14.9 Å². The van der Waals surface area contributed by atoms with Gasteiger partial charge in [-0.25, -0.2) is 0 Å². The summed E-state index contributed by atoms with van der Waals surface area (Å²) < 4.78 is 11.5. The first kappa shape index (κ1) is 17.9. The minimum atomic E-state index is -0.572. The van der Waals surface area contributed by atoms with E-state index in [1.165, 1.54) is 18.2 Å². The van der Waals surface area contributed by atoms with Gasteiger partial charge in [0.2, 0.25) is 0 Å². The van der Waals surface area contributed by atoms with Gasteiger partial charge in [0.25, 0.3) is 11.6 Å². The Bertz CT molecular complexity index is 787. The van der Waals surface area contributed by atoms with Crippen molar-refractivity contribution in [1.29, 1.82) is 0 Å². The normalized spacial score (nSPS) is 16.7. The number of benzene rings is 2. The number of nitrogens with one attached hydrogen (secondary N) is 1. The molecular formula is C19H20N2O5. The molecule has 0 aliphatic carbocycles. The third-order valence-corrected chi connectivity index (χ3v) is 4.18. The summed E-state index contributed by atoms with van der Waals surface area (Å²) in [6.45, 7) is 1.14. The topological polar surface area (TPSA) is 90.7 Å². The van der Waals surface area contributed by atoms with Crippen molar-refractivity contribution < 1.29 is 19.2 Å². The van der Waals surface area contributed by atoms with Crippen LogP contribution in [0.3, 0.4) is 0 Å². The number of nitro benzene ring substituents is 1. The van der Waals surface area contributed by atoms with Crippen molar-refractivity contribution in [2.45, 2.75) is 25.4 Å². The quantitative estimate of drug-likeness (QED) is 0.628. The van der Waals surface area contributed by atoms with Crippen molar-refractivity contribution in [3.63, 3.8) is 0 Å². The zero-order valence-corrected chi connectivity index (χ0v) is 14.2. The Labute approximate surface area is 151 Å². The summed E-state index contributed by atoms with van der Waals surface area (Å²) in [4.78, 5) is 23.0. The number of nitrogens with zero attached hydrogens (tertiary/aromatic N) is 1. The van der Waals surface area contributed by atoms with E-state index < -0.39 is 10.8 Å². The average molecular weight is 356 g/mol. The molecule has 1 atom stereocenters. The number of carbonyl (C=O) groups is 1. The molecular weight excluding hydrogens is 336 g/mol. The monoisotopic (exact) mass is 356 g/mol. The summed E-state index contributed by atoms with van der Waals surface area (Å²) in [7, 11) is 0. The lowest BCUT2D eigenvalue weighted by molar-refractivity contribution is -0.385. The standard InChI is InChI=1S/C19H20N2O5/c22-19(15-8-1-3-10-17(15)21(23)24)20-16-9-2-4-11-18(16)26-13-14-7-5-6-12-25-14/h1-4,8-11,14H,5-7,12-13H2,(H,20,22). The number of amides is 1. The zero-order chi connectivity index (χ0) is 18.4. The Hall–Kier alpha value is -2.93. The fourth-order valence-corrected chi connectivity index (χ4v) is 2.83. The highest BCUT2D eigenvalue weighted by Crippen LogP contribution is 2.27. The van der Waals surface area contributed by atoms with Crippen molar-refractivity contribution >= 4 is 17.3 Å². The van der Waals surface area contributed by atoms with E-state index in [1.807, 2.05) is 0 Å². The van der Waals surface area contributed by atoms with Crippen LogP contribution in [-0.2, 0) is 4.74 Å². The number of ether oxygens (including phenoxy) is 2. The molecule has 1 saturated heterocycles. The van der Waals surface area contributed by atoms with E-state index in [0.29, 0.717) is 18.0 Å². The second kappa shape index (κ2) is 8.44. The first-order chi connectivity index (χ1) is 12.6. The van der Waals surface area contributed by atoms with E-state index in [-0.39, 0.29) is 17.4 Å². The number of rotatable bonds is 6. The predicted molar refractivity (Wildman–Crippen MR) is 96.6 cm³/mol. The first-order valence-electron chi connectivity index (χ1n) is 8.53. The van der Waals surface area contributed by atoms with Crippen LogP contribution in [0.1, 0.15) is 29.6 Å². The van der Waals surface area contributed by atoms with Crippen molar-refractivity contribution in [3.8, 4) is 5.75 Å². The third-order valence-electron chi connectivity index (χ3n) is 4.18. The highest BCUT2D eigenvalue weighted by Gasteiger charge is 2.21. The predicted octanol–water partition coefficient (Wildman–Crippen LogP) is 3.80. The third kappa shape index (κ3) is 4.37. The molecule has 1 aliphatic heterocycles. The van der Waals surface area contributed by atoms with Crippen LogP contribution in [0.4, 0.5) is 11.4 Å². The fourth-order valence-electron chi connectivity index (χ4n) is 2.83. The van der Waals surface area contributed by atoms with Gasteiger partial charge in [0.15, 0.2) is 0 Å². The molecule has 136 valence electrons. The second-order valence-corrected chi connectivity index (χ2v) is 6.02. The van der Waals surface area contributed by atoms with Crippen LogP contribution in [0, 0.1) is 10.1 Å². The maximum atomic E-state index is 12.5. The van der Waals surface area contributed by atoms with Crippen LogP contribution in [0.5, 0.6) is 5.75 Å². The summed E-state index contributed by atoms with van der Waals surface area (Å²) in [6, 6.07) is 12.9. The first-order valence-corrected chi connectivity index (χ1v) is 8.53. The van der Waals surface area contributed by atoms with Gasteiger partial charge in [-0.05, 0) is 37.5 Å². The lowest BCUT2D eigenvalue weighted by Crippen LogP contribution is -2.26. The van der Waals surface area contributed by atoms with Crippen LogP contribution in [0.25, 0.3) is 0 Å². The summed E-state index contributed by atoms with van der Waals surface area (Å²) in [5, 5.41) is 13.8. The number of hydrogen-bond acceptors (Lipinski definition) is 5. The molecule has 0 radical (unpaired) electrons. The summed E-state index contributed by atoms with van der Waals surface area (Å²) in [6.07, 6.45) is 3.18.